The number of fused-ring (bicyclic) bond motifs is 2. The van der Waals surface area contributed by atoms with Crippen LogP contribution in [0, 0.1) is 11.6 Å². The van der Waals surface area contributed by atoms with Crippen LogP contribution in [0.25, 0.3) is 33.2 Å². The molecule has 6 rings (SSSR count). The Morgan fingerprint density at radius 2 is 1.05 bits per heavy atom. The maximum Gasteiger partial charge on any atom is 0.506 e. The van der Waals surface area contributed by atoms with E-state index < -0.39 is 91.5 Å². The second-order valence-corrected chi connectivity index (χ2v) is 22.1. The molecule has 76 heavy (non-hydrogen) atoms. The number of alkyl halides is 6. The largest absolute Gasteiger partial charge is 0.506 e. The lowest BCUT2D eigenvalue weighted by atomic mass is 9.86. The fraction of sp³-hybridized carbons (Fsp3) is 0.391. The Kier molecular flexibility index (Phi) is 22.6. The number of sulfonamides is 2. The number of aryl methyl sites for hydroxylation is 2. The number of aromatic nitrogens is 4. The van der Waals surface area contributed by atoms with Gasteiger partial charge in [-0.15, -0.1) is 0 Å². The first-order chi connectivity index (χ1) is 33.8. The highest BCUT2D eigenvalue weighted by atomic mass is 35.5. The summed E-state index contributed by atoms with van der Waals surface area (Å²) in [6.45, 7) is 15.1. The van der Waals surface area contributed by atoms with Gasteiger partial charge in [-0.05, 0) is 140 Å². The van der Waals surface area contributed by atoms with Crippen molar-refractivity contribution in [3.8, 4) is 11.4 Å². The molecule has 420 valence electrons. The van der Waals surface area contributed by atoms with E-state index >= 15 is 0 Å². The Bertz CT molecular complexity index is 3220. The molecule has 0 saturated heterocycles. The van der Waals surface area contributed by atoms with E-state index in [4.69, 9.17) is 21.1 Å². The van der Waals surface area contributed by atoms with Crippen LogP contribution in [0.1, 0.15) is 80.4 Å². The standard InChI is InChI=1S/C23H25F4N3O4S.C15H19BFNO4.C8H8ClF3N2O2S.2H2S/c1-6-14-10-19-15(9-17(14)24)11-20(30(19)21(31)34-22(3,4)5)18-8-7-16(12-28-18)35(32,33)29-13(2)23(25,26)27;1-5-9-7-12-10(6-11(9)17)8-13(16(20)21)18(12)14(19)22-15(2,3)4;1-5(8(10,11)12)14-17(15,16)6-2-3-7(9)13-4-6;;/h7-13,29H,6H2,1-5H3;6-8,20-21H,5H2,1-4H3;2-5,14H,1H3;2*1H2/t13-;;5-;;/m0.0../s1. The third-order valence-corrected chi connectivity index (χ3v) is 13.4. The summed E-state index contributed by atoms with van der Waals surface area (Å²) < 4.78 is 167. The maximum absolute atomic E-state index is 14.4. The minimum Gasteiger partial charge on any atom is -0.443 e. The highest BCUT2D eigenvalue weighted by Gasteiger charge is 2.40. The van der Waals surface area contributed by atoms with Gasteiger partial charge in [0.2, 0.25) is 20.0 Å². The highest BCUT2D eigenvalue weighted by molar-refractivity contribution is 7.89. The van der Waals surface area contributed by atoms with Crippen molar-refractivity contribution in [2.75, 3.05) is 0 Å². The number of hydrogen-bond acceptors (Lipinski definition) is 12. The number of benzene rings is 2. The predicted octanol–water partition coefficient (Wildman–Crippen LogP) is 9.41. The monoisotopic (exact) mass is 1180 g/mol. The predicted molar refractivity (Wildman–Crippen MR) is 281 cm³/mol. The van der Waals surface area contributed by atoms with E-state index in [0.29, 0.717) is 59.6 Å². The molecule has 2 atom stereocenters. The number of pyridine rings is 2. The molecule has 0 bridgehead atoms. The Balaban J connectivity index is 0.000000415. The van der Waals surface area contributed by atoms with Crippen molar-refractivity contribution < 1.29 is 81.1 Å². The van der Waals surface area contributed by atoms with E-state index in [1.165, 1.54) is 57.8 Å². The Morgan fingerprint density at radius 1 is 0.658 bits per heavy atom. The summed E-state index contributed by atoms with van der Waals surface area (Å²) >= 11 is 5.43. The van der Waals surface area contributed by atoms with Crippen LogP contribution in [0.4, 0.5) is 44.7 Å². The minimum absolute atomic E-state index is 0. The molecule has 0 aliphatic heterocycles. The molecule has 0 radical (unpaired) electrons. The molecule has 0 fully saturated rings. The average Bonchev–Trinajstić information content (AvgIpc) is 3.82. The number of carbonyl (C=O) groups is 2. The summed E-state index contributed by atoms with van der Waals surface area (Å²) in [4.78, 5) is 32.1. The number of halogens is 9. The van der Waals surface area contributed by atoms with E-state index in [1.807, 2.05) is 0 Å². The third kappa shape index (κ3) is 17.5. The van der Waals surface area contributed by atoms with E-state index in [-0.39, 0.29) is 54.0 Å². The van der Waals surface area contributed by atoms with Gasteiger partial charge in [0, 0.05) is 23.2 Å². The molecule has 0 amide bonds. The zero-order chi connectivity index (χ0) is 56.3. The SMILES string of the molecule is CCc1cc2c(cc1F)cc(-c1ccc(S(=O)(=O)N[C@@H](C)C(F)(F)F)cn1)n2C(=O)OC(C)(C)C.CCc1cc2c(cc1F)cc(B(O)O)n2C(=O)OC(C)(C)C.C[C@H](NS(=O)(=O)c1ccc(Cl)nc1)C(F)(F)F.S.S. The van der Waals surface area contributed by atoms with Crippen LogP contribution in [0.15, 0.2) is 82.8 Å². The minimum atomic E-state index is -4.76. The molecular formula is C46H56BClF8N6O10S4. The van der Waals surface area contributed by atoms with Gasteiger partial charge in [-0.2, -0.15) is 62.8 Å². The molecule has 0 saturated carbocycles. The van der Waals surface area contributed by atoms with Crippen LogP contribution in [-0.2, 0) is 42.4 Å². The smallest absolute Gasteiger partial charge is 0.443 e. The normalized spacial score (nSPS) is 13.0. The van der Waals surface area contributed by atoms with Crippen LogP contribution < -0.4 is 15.0 Å². The van der Waals surface area contributed by atoms with Crippen molar-refractivity contribution in [1.82, 2.24) is 28.5 Å². The lowest BCUT2D eigenvalue weighted by molar-refractivity contribution is -0.147. The van der Waals surface area contributed by atoms with Crippen LogP contribution in [-0.4, -0.2) is 101 Å². The summed E-state index contributed by atoms with van der Waals surface area (Å²) in [5.41, 5.74) is 0.264. The van der Waals surface area contributed by atoms with Gasteiger partial charge in [0.25, 0.3) is 0 Å². The summed E-state index contributed by atoms with van der Waals surface area (Å²) in [5, 5.41) is 19.8. The molecule has 0 aliphatic carbocycles. The Labute approximate surface area is 452 Å². The van der Waals surface area contributed by atoms with Crippen molar-refractivity contribution in [1.29, 1.82) is 0 Å². The number of rotatable bonds is 10. The van der Waals surface area contributed by atoms with E-state index in [1.54, 1.807) is 60.1 Å². The van der Waals surface area contributed by atoms with Crippen LogP contribution in [0.3, 0.4) is 0 Å². The molecular weight excluding hydrogens is 1120 g/mol. The van der Waals surface area contributed by atoms with Crippen LogP contribution in [0.5, 0.6) is 0 Å². The second-order valence-electron chi connectivity index (χ2n) is 18.3. The molecule has 16 nitrogen and oxygen atoms in total. The van der Waals surface area contributed by atoms with Crippen molar-refractivity contribution in [2.45, 2.75) is 128 Å². The molecule has 4 heterocycles. The van der Waals surface area contributed by atoms with Crippen molar-refractivity contribution in [3.05, 3.63) is 101 Å². The Hall–Kier alpha value is -5.01. The van der Waals surface area contributed by atoms with Gasteiger partial charge in [0.15, 0.2) is 0 Å². The van der Waals surface area contributed by atoms with E-state index in [9.17, 15) is 71.6 Å². The molecule has 0 aliphatic rings. The zero-order valence-corrected chi connectivity index (χ0v) is 46.6. The number of nitrogens with one attached hydrogen (secondary N) is 2. The molecule has 4 N–H and O–H groups in total. The average molecular weight is 1180 g/mol. The maximum atomic E-state index is 14.4. The molecule has 6 aromatic rings. The van der Waals surface area contributed by atoms with Gasteiger partial charge in [-0.1, -0.05) is 25.4 Å². The number of nitrogens with zero attached hydrogens (tertiary/aromatic N) is 4. The van der Waals surface area contributed by atoms with E-state index in [0.717, 1.165) is 29.1 Å². The molecule has 2 aromatic carbocycles. The zero-order valence-electron chi connectivity index (χ0n) is 42.2. The topological polar surface area (TPSA) is 221 Å². The van der Waals surface area contributed by atoms with Crippen LogP contribution in [0.2, 0.25) is 5.15 Å². The van der Waals surface area contributed by atoms with Gasteiger partial charge >= 0.3 is 31.7 Å². The van der Waals surface area contributed by atoms with Crippen LogP contribution >= 0.6 is 38.6 Å². The fourth-order valence-corrected chi connectivity index (χ4v) is 8.91. The molecule has 0 spiro atoms. The lowest BCUT2D eigenvalue weighted by Gasteiger charge is -2.21. The molecule has 4 aromatic heterocycles. The first-order valence-corrected chi connectivity index (χ1v) is 25.4. The third-order valence-electron chi connectivity index (χ3n) is 10.1. The summed E-state index contributed by atoms with van der Waals surface area (Å²) in [6, 6.07) is 8.57. The number of hydrogen-bond donors (Lipinski definition) is 4. The quantitative estimate of drug-likeness (QED) is 0.0573. The Morgan fingerprint density at radius 3 is 1.41 bits per heavy atom. The van der Waals surface area contributed by atoms with Gasteiger partial charge < -0.3 is 19.5 Å². The van der Waals surface area contributed by atoms with Gasteiger partial charge in [-0.25, -0.2) is 44.8 Å². The highest BCUT2D eigenvalue weighted by Crippen LogP contribution is 2.32. The molecule has 30 heteroatoms. The number of ether oxygens (including phenoxy) is 2. The van der Waals surface area contributed by atoms with Crippen molar-refractivity contribution in [2.24, 2.45) is 0 Å². The van der Waals surface area contributed by atoms with Gasteiger partial charge in [0.05, 0.1) is 28.0 Å². The summed E-state index contributed by atoms with van der Waals surface area (Å²) in [6.07, 6.45) is -8.30. The van der Waals surface area contributed by atoms with Crippen molar-refractivity contribution >= 4 is 105 Å². The summed E-state index contributed by atoms with van der Waals surface area (Å²) in [7, 11) is -10.6. The number of carbonyl (C=O) groups excluding carboxylic acids is 2. The fourth-order valence-electron chi connectivity index (χ4n) is 6.45. The second kappa shape index (κ2) is 25.6. The van der Waals surface area contributed by atoms with Crippen molar-refractivity contribution in [3.63, 3.8) is 0 Å². The first-order valence-electron chi connectivity index (χ1n) is 22.1. The van der Waals surface area contributed by atoms with Gasteiger partial charge in [-0.3, -0.25) is 9.55 Å². The first kappa shape index (κ1) is 67.1. The van der Waals surface area contributed by atoms with Gasteiger partial charge in [0.1, 0.15) is 49.9 Å². The van der Waals surface area contributed by atoms with E-state index in [2.05, 4.69) is 9.97 Å². The summed E-state index contributed by atoms with van der Waals surface area (Å²) in [5.74, 6) is -0.845. The molecule has 0 unspecified atom stereocenters. The lowest BCUT2D eigenvalue weighted by Crippen LogP contribution is -2.42.